The summed E-state index contributed by atoms with van der Waals surface area (Å²) in [4.78, 5) is 9.27. The summed E-state index contributed by atoms with van der Waals surface area (Å²) in [6.07, 6.45) is 1.12. The summed E-state index contributed by atoms with van der Waals surface area (Å²) < 4.78 is 3.29. The van der Waals surface area contributed by atoms with Gasteiger partial charge in [0.15, 0.2) is 6.20 Å². The van der Waals surface area contributed by atoms with Crippen molar-refractivity contribution in [2.45, 2.75) is 0 Å². The van der Waals surface area contributed by atoms with Crippen LogP contribution in [0.3, 0.4) is 0 Å². The second kappa shape index (κ2) is 1.91. The molecule has 0 aromatic carbocycles. The van der Waals surface area contributed by atoms with E-state index in [1.54, 1.807) is 0 Å². The third-order valence-corrected chi connectivity index (χ3v) is 1.15. The van der Waals surface area contributed by atoms with Crippen molar-refractivity contribution in [2.24, 2.45) is 5.11 Å². The highest BCUT2D eigenvalue weighted by atomic mass is 32.2. The molecule has 0 fully saturated rings. The molecule has 1 radical (unpaired) electrons. The first-order valence-electron chi connectivity index (χ1n) is 1.72. The first-order valence-corrected chi connectivity index (χ1v) is 2.50. The monoisotopic (exact) mass is 131 g/mol. The van der Waals surface area contributed by atoms with Crippen molar-refractivity contribution in [1.29, 1.82) is 0 Å². The Hall–Kier alpha value is -0.910. The average molecular weight is 131 g/mol. The number of hydrogen-bond acceptors (Lipinski definition) is 5. The van der Waals surface area contributed by atoms with Crippen molar-refractivity contribution < 1.29 is 4.92 Å². The van der Waals surface area contributed by atoms with Gasteiger partial charge in [0, 0.05) is 0 Å². The molecular weight excluding hydrogens is 130 g/mol. The molecule has 0 atom stereocenters. The minimum Gasteiger partial charge on any atom is -0.258 e. The van der Waals surface area contributed by atoms with Gasteiger partial charge in [0.1, 0.15) is 0 Å². The lowest BCUT2D eigenvalue weighted by molar-refractivity contribution is -0.410. The summed E-state index contributed by atoms with van der Waals surface area (Å²) >= 11 is 0.771. The van der Waals surface area contributed by atoms with Gasteiger partial charge in [-0.2, -0.15) is 0 Å². The predicted octanol–water partition coefficient (Wildman–Crippen LogP) is 0.512. The topological polar surface area (TPSA) is 69.6 Å². The van der Waals surface area contributed by atoms with Gasteiger partial charge >= 0.3 is 17.0 Å². The van der Waals surface area contributed by atoms with Crippen LogP contribution in [-0.2, 0) is 0 Å². The van der Waals surface area contributed by atoms with Crippen LogP contribution in [0.4, 0.5) is 0 Å². The van der Waals surface area contributed by atoms with Crippen LogP contribution in [0, 0.1) is 10.1 Å². The minimum absolute atomic E-state index is 0.0231. The molecule has 8 heavy (non-hydrogen) atoms. The van der Waals surface area contributed by atoms with Crippen LogP contribution in [-0.4, -0.2) is 4.92 Å². The van der Waals surface area contributed by atoms with Crippen LogP contribution in [0.15, 0.2) is 16.3 Å². The molecule has 0 aromatic rings. The van der Waals surface area contributed by atoms with E-state index >= 15 is 0 Å². The minimum atomic E-state index is -0.523. The molecule has 5 nitrogen and oxygen atoms in total. The van der Waals surface area contributed by atoms with Gasteiger partial charge in [0.2, 0.25) is 0 Å². The van der Waals surface area contributed by atoms with Crippen LogP contribution in [0.1, 0.15) is 0 Å². The van der Waals surface area contributed by atoms with Gasteiger partial charge in [0.05, 0.1) is 10.0 Å². The van der Waals surface area contributed by atoms with Gasteiger partial charge < -0.3 is 0 Å². The summed E-state index contributed by atoms with van der Waals surface area (Å²) in [5, 5.41) is 13.0. The summed E-state index contributed by atoms with van der Waals surface area (Å²) in [5.41, 5.74) is 0. The maximum absolute atomic E-state index is 9.80. The predicted molar refractivity (Wildman–Crippen MR) is 27.2 cm³/mol. The molecule has 0 saturated heterocycles. The summed E-state index contributed by atoms with van der Waals surface area (Å²) in [5.74, 6) is 0. The van der Waals surface area contributed by atoms with Crippen LogP contribution in [0.2, 0.25) is 0 Å². The average Bonchev–Trinajstić information content (AvgIpc) is 2.12. The van der Waals surface area contributed by atoms with Gasteiger partial charge in [-0.05, 0) is 0 Å². The smallest absolute Gasteiger partial charge is 0.258 e. The molecule has 1 aliphatic heterocycles. The van der Waals surface area contributed by atoms with Gasteiger partial charge in [-0.25, -0.2) is 0 Å². The maximum atomic E-state index is 9.80. The van der Waals surface area contributed by atoms with E-state index in [-0.39, 0.29) is 5.03 Å². The number of nitro groups is 1. The summed E-state index contributed by atoms with van der Waals surface area (Å²) in [7, 11) is 0. The lowest BCUT2D eigenvalue weighted by Gasteiger charge is -1.74. The Morgan fingerprint density at radius 3 is 3.00 bits per heavy atom. The van der Waals surface area contributed by atoms with E-state index in [1.165, 1.54) is 0 Å². The van der Waals surface area contributed by atoms with Crippen molar-refractivity contribution in [1.82, 2.24) is 4.52 Å². The molecule has 0 unspecified atom stereocenters. The first kappa shape index (κ1) is 5.23. The summed E-state index contributed by atoms with van der Waals surface area (Å²) in [6, 6.07) is 0. The van der Waals surface area contributed by atoms with E-state index in [0.29, 0.717) is 0 Å². The zero-order valence-corrected chi connectivity index (χ0v) is 4.46. The SMILES string of the molecule is O=[N+]([O-])C1=CN=[N+]S1. The van der Waals surface area contributed by atoms with Gasteiger partial charge in [-0.3, -0.25) is 10.1 Å². The highest BCUT2D eigenvalue weighted by Gasteiger charge is 2.27. The second-order valence-electron chi connectivity index (χ2n) is 1.01. The van der Waals surface area contributed by atoms with E-state index in [2.05, 4.69) is 9.63 Å². The normalized spacial score (nSPS) is 16.2. The second-order valence-corrected chi connectivity index (χ2v) is 1.78. The Morgan fingerprint density at radius 2 is 2.75 bits per heavy atom. The van der Waals surface area contributed by atoms with Gasteiger partial charge in [-0.15, -0.1) is 0 Å². The highest BCUT2D eigenvalue weighted by Crippen LogP contribution is 2.15. The van der Waals surface area contributed by atoms with Crippen molar-refractivity contribution in [3.8, 4) is 0 Å². The molecule has 41 valence electrons. The maximum Gasteiger partial charge on any atom is 0.404 e. The molecule has 1 rings (SSSR count). The van der Waals surface area contributed by atoms with Gasteiger partial charge in [0.25, 0.3) is 4.52 Å². The highest BCUT2D eigenvalue weighted by molar-refractivity contribution is 8.00. The Morgan fingerprint density at radius 1 is 2.00 bits per heavy atom. The quantitative estimate of drug-likeness (QED) is 0.296. The van der Waals surface area contributed by atoms with E-state index in [1.807, 2.05) is 0 Å². The summed E-state index contributed by atoms with van der Waals surface area (Å²) in [6.45, 7) is 0. The Kier molecular flexibility index (Phi) is 1.25. The fraction of sp³-hybridized carbons (Fsp3) is 0. The number of hydrogen-bond donors (Lipinski definition) is 0. The fourth-order valence-corrected chi connectivity index (χ4v) is 0.581. The third-order valence-electron chi connectivity index (χ3n) is 0.530. The van der Waals surface area contributed by atoms with Crippen molar-refractivity contribution >= 4 is 11.9 Å². The Labute approximate surface area is 48.8 Å². The lowest BCUT2D eigenvalue weighted by atomic mass is 10.9. The molecule has 0 spiro atoms. The van der Waals surface area contributed by atoms with Crippen molar-refractivity contribution in [3.63, 3.8) is 0 Å². The molecule has 6 heteroatoms. The molecule has 0 amide bonds. The Balaban J connectivity index is 2.64. The molecule has 0 bridgehead atoms. The molecule has 0 N–H and O–H groups in total. The van der Waals surface area contributed by atoms with Crippen LogP contribution in [0.25, 0.3) is 0 Å². The molecule has 1 heterocycles. The van der Waals surface area contributed by atoms with Gasteiger partial charge in [-0.1, -0.05) is 0 Å². The Bertz CT molecular complexity index is 174. The first-order chi connectivity index (χ1) is 3.80. The third kappa shape index (κ3) is 0.836. The van der Waals surface area contributed by atoms with E-state index in [9.17, 15) is 10.1 Å². The van der Waals surface area contributed by atoms with E-state index in [4.69, 9.17) is 0 Å². The van der Waals surface area contributed by atoms with Crippen LogP contribution in [0.5, 0.6) is 0 Å². The van der Waals surface area contributed by atoms with Crippen LogP contribution >= 0.6 is 11.9 Å². The molecule has 0 aromatic heterocycles. The standard InChI is InChI=1S/C2HN3O2S/c6-5(7)2-1-3-4-8-2/h1H/q+1. The molecular formula is C2HN3O2S+. The molecule has 0 aliphatic carbocycles. The number of nitrogens with zero attached hydrogens (tertiary/aromatic N) is 3. The lowest BCUT2D eigenvalue weighted by Crippen LogP contribution is -1.90. The fourth-order valence-electron chi connectivity index (χ4n) is 0.242. The molecule has 1 aliphatic rings. The van der Waals surface area contributed by atoms with E-state index in [0.717, 1.165) is 18.1 Å². The van der Waals surface area contributed by atoms with E-state index < -0.39 is 4.92 Å². The zero-order chi connectivity index (χ0) is 5.98. The van der Waals surface area contributed by atoms with Crippen molar-refractivity contribution in [2.75, 3.05) is 0 Å². The van der Waals surface area contributed by atoms with Crippen LogP contribution < -0.4 is 4.52 Å². The van der Waals surface area contributed by atoms with Crippen molar-refractivity contribution in [3.05, 3.63) is 21.3 Å². The number of rotatable bonds is 1. The largest absolute Gasteiger partial charge is 0.404 e. The molecule has 0 saturated carbocycles. The zero-order valence-electron chi connectivity index (χ0n) is 3.64.